The first kappa shape index (κ1) is 16.9. The molecule has 120 valence electrons. The van der Waals surface area contributed by atoms with Crippen LogP contribution in [0.4, 0.5) is 0 Å². The van der Waals surface area contributed by atoms with Gasteiger partial charge in [0.2, 0.25) is 0 Å². The van der Waals surface area contributed by atoms with Crippen molar-refractivity contribution in [2.75, 3.05) is 26.2 Å². The number of piperidine rings is 1. The monoisotopic (exact) mass is 311 g/mol. The molecule has 0 spiro atoms. The maximum atomic E-state index is 5.90. The van der Waals surface area contributed by atoms with E-state index in [2.05, 4.69) is 29.4 Å². The summed E-state index contributed by atoms with van der Waals surface area (Å²) in [4.78, 5) is 7.23. The van der Waals surface area contributed by atoms with E-state index in [1.807, 2.05) is 0 Å². The van der Waals surface area contributed by atoms with Gasteiger partial charge < -0.3 is 10.1 Å². The van der Waals surface area contributed by atoms with Crippen LogP contribution in [0.2, 0.25) is 0 Å². The highest BCUT2D eigenvalue weighted by molar-refractivity contribution is 7.09. The molecule has 1 aliphatic heterocycles. The number of hydrogen-bond acceptors (Lipinski definition) is 5. The number of likely N-dealkylation sites (tertiary alicyclic amines) is 1. The summed E-state index contributed by atoms with van der Waals surface area (Å²) in [6.07, 6.45) is 5.15. The van der Waals surface area contributed by atoms with Gasteiger partial charge in [0.1, 0.15) is 5.01 Å². The van der Waals surface area contributed by atoms with E-state index in [0.717, 1.165) is 39.2 Å². The van der Waals surface area contributed by atoms with Crippen molar-refractivity contribution < 1.29 is 4.74 Å². The third kappa shape index (κ3) is 6.02. The Balaban J connectivity index is 1.75. The minimum Gasteiger partial charge on any atom is -0.377 e. The van der Waals surface area contributed by atoms with E-state index in [-0.39, 0.29) is 0 Å². The minimum atomic E-state index is 0.419. The van der Waals surface area contributed by atoms with Gasteiger partial charge in [0.05, 0.1) is 11.8 Å². The average molecular weight is 311 g/mol. The number of hydrogen-bond donors (Lipinski definition) is 1. The van der Waals surface area contributed by atoms with Gasteiger partial charge in [0.15, 0.2) is 0 Å². The Hall–Kier alpha value is -0.490. The molecule has 1 atom stereocenters. The van der Waals surface area contributed by atoms with Crippen molar-refractivity contribution in [1.82, 2.24) is 15.2 Å². The predicted octanol–water partition coefficient (Wildman–Crippen LogP) is 3.03. The van der Waals surface area contributed by atoms with Crippen LogP contribution in [0.1, 0.15) is 50.2 Å². The molecule has 1 fully saturated rings. The van der Waals surface area contributed by atoms with Crippen LogP contribution in [0.25, 0.3) is 0 Å². The Labute approximate surface area is 132 Å². The Morgan fingerprint density at radius 2 is 2.33 bits per heavy atom. The highest BCUT2D eigenvalue weighted by Gasteiger charge is 2.20. The molecule has 0 aromatic carbocycles. The van der Waals surface area contributed by atoms with Crippen molar-refractivity contribution in [2.45, 2.75) is 58.7 Å². The maximum absolute atomic E-state index is 5.90. The maximum Gasteiger partial charge on any atom is 0.107 e. The molecule has 0 bridgehead atoms. The number of nitrogens with one attached hydrogen (secondary N) is 1. The lowest BCUT2D eigenvalue weighted by Crippen LogP contribution is -2.39. The SMILES string of the molecule is CCCNCc1nc(CN2CCCC(OCCC)C2)cs1. The second-order valence-electron chi connectivity index (χ2n) is 5.78. The van der Waals surface area contributed by atoms with E-state index in [4.69, 9.17) is 9.72 Å². The van der Waals surface area contributed by atoms with Gasteiger partial charge in [-0.2, -0.15) is 0 Å². The number of nitrogens with zero attached hydrogens (tertiary/aromatic N) is 2. The molecule has 5 heteroatoms. The smallest absolute Gasteiger partial charge is 0.107 e. The van der Waals surface area contributed by atoms with Crippen molar-refractivity contribution in [3.63, 3.8) is 0 Å². The van der Waals surface area contributed by atoms with E-state index in [1.165, 1.54) is 36.5 Å². The summed E-state index contributed by atoms with van der Waals surface area (Å²) >= 11 is 1.77. The van der Waals surface area contributed by atoms with Crippen LogP contribution in [-0.2, 0) is 17.8 Å². The highest BCUT2D eigenvalue weighted by Crippen LogP contribution is 2.17. The Morgan fingerprint density at radius 1 is 1.43 bits per heavy atom. The van der Waals surface area contributed by atoms with Gasteiger partial charge in [0, 0.05) is 31.6 Å². The van der Waals surface area contributed by atoms with E-state index in [9.17, 15) is 0 Å². The molecule has 1 aliphatic rings. The van der Waals surface area contributed by atoms with E-state index >= 15 is 0 Å². The topological polar surface area (TPSA) is 37.4 Å². The van der Waals surface area contributed by atoms with Crippen molar-refractivity contribution in [3.05, 3.63) is 16.1 Å². The highest BCUT2D eigenvalue weighted by atomic mass is 32.1. The molecule has 1 unspecified atom stereocenters. The fourth-order valence-electron chi connectivity index (χ4n) is 2.68. The van der Waals surface area contributed by atoms with Crippen LogP contribution in [0, 0.1) is 0 Å². The first-order chi connectivity index (χ1) is 10.3. The van der Waals surface area contributed by atoms with Gasteiger partial charge in [-0.1, -0.05) is 13.8 Å². The number of rotatable bonds is 9. The Bertz CT molecular complexity index is 397. The molecule has 1 N–H and O–H groups in total. The summed E-state index contributed by atoms with van der Waals surface area (Å²) in [6, 6.07) is 0. The lowest BCUT2D eigenvalue weighted by Gasteiger charge is -2.32. The van der Waals surface area contributed by atoms with Crippen LogP contribution in [0.15, 0.2) is 5.38 Å². The molecule has 0 amide bonds. The summed E-state index contributed by atoms with van der Waals surface area (Å²) in [7, 11) is 0. The number of ether oxygens (including phenoxy) is 1. The van der Waals surface area contributed by atoms with Gasteiger partial charge >= 0.3 is 0 Å². The zero-order chi connectivity index (χ0) is 14.9. The predicted molar refractivity (Wildman–Crippen MR) is 88.7 cm³/mol. The van der Waals surface area contributed by atoms with Gasteiger partial charge in [-0.3, -0.25) is 4.90 Å². The fourth-order valence-corrected chi connectivity index (χ4v) is 3.44. The largest absolute Gasteiger partial charge is 0.377 e. The molecule has 4 nitrogen and oxygen atoms in total. The zero-order valence-electron chi connectivity index (χ0n) is 13.4. The first-order valence-corrected chi connectivity index (χ1v) is 9.17. The summed E-state index contributed by atoms with van der Waals surface area (Å²) in [5.41, 5.74) is 1.21. The lowest BCUT2D eigenvalue weighted by molar-refractivity contribution is -0.00248. The average Bonchev–Trinajstić information content (AvgIpc) is 2.93. The summed E-state index contributed by atoms with van der Waals surface area (Å²) in [5.74, 6) is 0. The summed E-state index contributed by atoms with van der Waals surface area (Å²) < 4.78 is 5.90. The van der Waals surface area contributed by atoms with Gasteiger partial charge in [-0.15, -0.1) is 11.3 Å². The number of aromatic nitrogens is 1. The van der Waals surface area contributed by atoms with Crippen LogP contribution in [0.5, 0.6) is 0 Å². The van der Waals surface area contributed by atoms with E-state index in [0.29, 0.717) is 6.10 Å². The molecule has 2 heterocycles. The molecule has 1 aromatic heterocycles. The summed E-state index contributed by atoms with van der Waals surface area (Å²) in [6.45, 7) is 10.4. The van der Waals surface area contributed by atoms with Crippen molar-refractivity contribution in [3.8, 4) is 0 Å². The van der Waals surface area contributed by atoms with Crippen LogP contribution < -0.4 is 5.32 Å². The first-order valence-electron chi connectivity index (χ1n) is 8.29. The van der Waals surface area contributed by atoms with Crippen molar-refractivity contribution in [1.29, 1.82) is 0 Å². The minimum absolute atomic E-state index is 0.419. The number of thiazole rings is 1. The summed E-state index contributed by atoms with van der Waals surface area (Å²) in [5, 5.41) is 6.82. The van der Waals surface area contributed by atoms with Crippen molar-refractivity contribution >= 4 is 11.3 Å². The van der Waals surface area contributed by atoms with Crippen LogP contribution in [-0.4, -0.2) is 42.2 Å². The van der Waals surface area contributed by atoms with Gasteiger partial charge in [0.25, 0.3) is 0 Å². The molecule has 0 saturated carbocycles. The third-order valence-corrected chi connectivity index (χ3v) is 4.61. The molecule has 1 aromatic rings. The normalized spacial score (nSPS) is 20.0. The second-order valence-corrected chi connectivity index (χ2v) is 6.72. The zero-order valence-corrected chi connectivity index (χ0v) is 14.3. The van der Waals surface area contributed by atoms with E-state index in [1.54, 1.807) is 11.3 Å². The van der Waals surface area contributed by atoms with E-state index < -0.39 is 0 Å². The van der Waals surface area contributed by atoms with Gasteiger partial charge in [-0.25, -0.2) is 4.98 Å². The molecular weight excluding hydrogens is 282 g/mol. The third-order valence-electron chi connectivity index (χ3n) is 3.71. The fraction of sp³-hybridized carbons (Fsp3) is 0.812. The molecule has 2 rings (SSSR count). The van der Waals surface area contributed by atoms with Crippen molar-refractivity contribution in [2.24, 2.45) is 0 Å². The van der Waals surface area contributed by atoms with Crippen LogP contribution in [0.3, 0.4) is 0 Å². The second kappa shape index (κ2) is 9.51. The molecule has 21 heavy (non-hydrogen) atoms. The molecule has 0 radical (unpaired) electrons. The van der Waals surface area contributed by atoms with Gasteiger partial charge in [-0.05, 0) is 38.8 Å². The lowest BCUT2D eigenvalue weighted by atomic mass is 10.1. The quantitative estimate of drug-likeness (QED) is 0.711. The molecule has 1 saturated heterocycles. The standard InChI is InChI=1S/C16H29N3OS/c1-3-7-17-10-16-18-14(13-21-16)11-19-8-5-6-15(12-19)20-9-4-2/h13,15,17H,3-12H2,1-2H3. The Kier molecular flexibility index (Phi) is 7.64. The molecule has 0 aliphatic carbocycles. The molecular formula is C16H29N3OS. The van der Waals surface area contributed by atoms with Crippen LogP contribution >= 0.6 is 11.3 Å². The Morgan fingerprint density at radius 3 is 3.14 bits per heavy atom.